The zero-order valence-corrected chi connectivity index (χ0v) is 13.2. The molecule has 0 fully saturated rings. The lowest BCUT2D eigenvalue weighted by Gasteiger charge is -2.07. The Morgan fingerprint density at radius 1 is 1.25 bits per heavy atom. The summed E-state index contributed by atoms with van der Waals surface area (Å²) in [5.41, 5.74) is 1.05. The Labute approximate surface area is 127 Å². The van der Waals surface area contributed by atoms with E-state index in [2.05, 4.69) is 45.1 Å². The lowest BCUT2D eigenvalue weighted by atomic mass is 10.2. The number of hydrogen-bond donors (Lipinski definition) is 1. The van der Waals surface area contributed by atoms with Gasteiger partial charge in [0, 0.05) is 29.0 Å². The van der Waals surface area contributed by atoms with Crippen molar-refractivity contribution < 1.29 is 4.74 Å². The van der Waals surface area contributed by atoms with Gasteiger partial charge in [0.2, 0.25) is 0 Å². The second-order valence-corrected chi connectivity index (χ2v) is 5.87. The zero-order valence-electron chi connectivity index (χ0n) is 11.6. The van der Waals surface area contributed by atoms with E-state index in [1.807, 2.05) is 24.3 Å². The van der Waals surface area contributed by atoms with E-state index in [9.17, 15) is 0 Å². The maximum absolute atomic E-state index is 5.58. The first-order valence-electron chi connectivity index (χ1n) is 6.58. The highest BCUT2D eigenvalue weighted by Gasteiger charge is 2.02. The molecule has 0 saturated heterocycles. The lowest BCUT2D eigenvalue weighted by Crippen LogP contribution is -2.19. The summed E-state index contributed by atoms with van der Waals surface area (Å²) >= 11 is 3.40. The highest BCUT2D eigenvalue weighted by atomic mass is 79.9. The highest BCUT2D eigenvalue weighted by molar-refractivity contribution is 9.10. The van der Waals surface area contributed by atoms with E-state index in [1.54, 1.807) is 12.4 Å². The molecule has 0 aliphatic heterocycles. The monoisotopic (exact) mass is 335 g/mol. The van der Waals surface area contributed by atoms with Crippen LogP contribution in [0.3, 0.4) is 0 Å². The summed E-state index contributed by atoms with van der Waals surface area (Å²) in [6, 6.07) is 7.95. The van der Waals surface area contributed by atoms with Crippen LogP contribution in [0.5, 0.6) is 11.8 Å². The number of benzene rings is 1. The molecular formula is C15H18BrN3O. The molecule has 0 bridgehead atoms. The molecular weight excluding hydrogens is 318 g/mol. The molecule has 0 amide bonds. The first-order valence-corrected chi connectivity index (χ1v) is 7.38. The van der Waals surface area contributed by atoms with Crippen LogP contribution in [0.1, 0.15) is 19.4 Å². The molecule has 2 rings (SSSR count). The minimum Gasteiger partial charge on any atom is -0.424 e. The Morgan fingerprint density at radius 2 is 2.00 bits per heavy atom. The maximum Gasteiger partial charge on any atom is 0.321 e. The second-order valence-electron chi connectivity index (χ2n) is 4.96. The smallest absolute Gasteiger partial charge is 0.321 e. The minimum absolute atomic E-state index is 0.357. The SMILES string of the molecule is CC(C)CNCc1cnc(Oc2cccc(Br)c2)nc1. The number of hydrogen-bond acceptors (Lipinski definition) is 4. The third-order valence-electron chi connectivity index (χ3n) is 2.57. The van der Waals surface area contributed by atoms with Gasteiger partial charge in [-0.2, -0.15) is 0 Å². The van der Waals surface area contributed by atoms with Gasteiger partial charge in [0.25, 0.3) is 0 Å². The number of nitrogens with zero attached hydrogens (tertiary/aromatic N) is 2. The summed E-state index contributed by atoms with van der Waals surface area (Å²) in [6.07, 6.45) is 3.57. The van der Waals surface area contributed by atoms with Crippen LogP contribution in [0.4, 0.5) is 0 Å². The van der Waals surface area contributed by atoms with Gasteiger partial charge >= 0.3 is 6.01 Å². The van der Waals surface area contributed by atoms with Gasteiger partial charge in [-0.05, 0) is 30.7 Å². The quantitative estimate of drug-likeness (QED) is 0.872. The maximum atomic E-state index is 5.58. The Morgan fingerprint density at radius 3 is 2.65 bits per heavy atom. The Balaban J connectivity index is 1.91. The molecule has 0 unspecified atom stereocenters. The molecule has 0 spiro atoms. The average molecular weight is 336 g/mol. The van der Waals surface area contributed by atoms with Crippen molar-refractivity contribution in [1.82, 2.24) is 15.3 Å². The van der Waals surface area contributed by atoms with Crippen molar-refractivity contribution in [1.29, 1.82) is 0 Å². The zero-order chi connectivity index (χ0) is 14.4. The van der Waals surface area contributed by atoms with E-state index < -0.39 is 0 Å². The molecule has 1 heterocycles. The topological polar surface area (TPSA) is 47.0 Å². The van der Waals surface area contributed by atoms with Crippen LogP contribution in [-0.2, 0) is 6.54 Å². The van der Waals surface area contributed by atoms with E-state index in [-0.39, 0.29) is 0 Å². The van der Waals surface area contributed by atoms with E-state index in [4.69, 9.17) is 4.74 Å². The van der Waals surface area contributed by atoms with Crippen molar-refractivity contribution in [2.75, 3.05) is 6.54 Å². The predicted octanol–water partition coefficient (Wildman–Crippen LogP) is 3.78. The fraction of sp³-hybridized carbons (Fsp3) is 0.333. The molecule has 0 saturated carbocycles. The Bertz CT molecular complexity index is 543. The van der Waals surface area contributed by atoms with Crippen molar-refractivity contribution in [2.24, 2.45) is 5.92 Å². The van der Waals surface area contributed by atoms with Gasteiger partial charge in [-0.15, -0.1) is 0 Å². The molecule has 0 atom stereocenters. The fourth-order valence-electron chi connectivity index (χ4n) is 1.63. The molecule has 106 valence electrons. The fourth-order valence-corrected chi connectivity index (χ4v) is 2.01. The summed E-state index contributed by atoms with van der Waals surface area (Å²) in [6.45, 7) is 6.11. The molecule has 1 aromatic heterocycles. The van der Waals surface area contributed by atoms with E-state index >= 15 is 0 Å². The standard InChI is InChI=1S/C15H18BrN3O/c1-11(2)7-17-8-12-9-18-15(19-10-12)20-14-5-3-4-13(16)6-14/h3-6,9-11,17H,7-8H2,1-2H3. The molecule has 20 heavy (non-hydrogen) atoms. The molecule has 0 aliphatic carbocycles. The van der Waals surface area contributed by atoms with Gasteiger partial charge in [0.1, 0.15) is 5.75 Å². The lowest BCUT2D eigenvalue weighted by molar-refractivity contribution is 0.440. The molecule has 0 radical (unpaired) electrons. The van der Waals surface area contributed by atoms with Crippen LogP contribution < -0.4 is 10.1 Å². The van der Waals surface area contributed by atoms with Crippen molar-refractivity contribution in [3.63, 3.8) is 0 Å². The Kier molecular flexibility index (Phi) is 5.49. The second kappa shape index (κ2) is 7.36. The average Bonchev–Trinajstić information content (AvgIpc) is 2.40. The Hall–Kier alpha value is -1.46. The van der Waals surface area contributed by atoms with Gasteiger partial charge < -0.3 is 10.1 Å². The number of nitrogens with one attached hydrogen (secondary N) is 1. The van der Waals surface area contributed by atoms with Crippen LogP contribution >= 0.6 is 15.9 Å². The summed E-state index contributed by atoms with van der Waals surface area (Å²) in [7, 11) is 0. The summed E-state index contributed by atoms with van der Waals surface area (Å²) in [4.78, 5) is 8.43. The molecule has 1 N–H and O–H groups in total. The number of rotatable bonds is 6. The van der Waals surface area contributed by atoms with Crippen molar-refractivity contribution >= 4 is 15.9 Å². The summed E-state index contributed by atoms with van der Waals surface area (Å²) in [5, 5.41) is 3.35. The summed E-state index contributed by atoms with van der Waals surface area (Å²) < 4.78 is 6.55. The normalized spacial score (nSPS) is 10.8. The minimum atomic E-state index is 0.357. The van der Waals surface area contributed by atoms with Crippen LogP contribution in [-0.4, -0.2) is 16.5 Å². The number of aromatic nitrogens is 2. The largest absolute Gasteiger partial charge is 0.424 e. The first kappa shape index (κ1) is 14.9. The van der Waals surface area contributed by atoms with Crippen LogP contribution in [0.25, 0.3) is 0 Å². The van der Waals surface area contributed by atoms with Crippen molar-refractivity contribution in [2.45, 2.75) is 20.4 Å². The van der Waals surface area contributed by atoms with Gasteiger partial charge in [-0.3, -0.25) is 0 Å². The third-order valence-corrected chi connectivity index (χ3v) is 3.06. The van der Waals surface area contributed by atoms with E-state index in [0.717, 1.165) is 23.1 Å². The number of halogens is 1. The predicted molar refractivity (Wildman–Crippen MR) is 82.8 cm³/mol. The summed E-state index contributed by atoms with van der Waals surface area (Å²) in [5.74, 6) is 1.35. The molecule has 5 heteroatoms. The third kappa shape index (κ3) is 4.90. The van der Waals surface area contributed by atoms with E-state index in [1.165, 1.54) is 0 Å². The molecule has 1 aromatic carbocycles. The first-order chi connectivity index (χ1) is 9.63. The molecule has 0 aliphatic rings. The van der Waals surface area contributed by atoms with Crippen LogP contribution in [0.15, 0.2) is 41.1 Å². The van der Waals surface area contributed by atoms with Crippen LogP contribution in [0.2, 0.25) is 0 Å². The van der Waals surface area contributed by atoms with Gasteiger partial charge in [0.15, 0.2) is 0 Å². The van der Waals surface area contributed by atoms with Crippen molar-refractivity contribution in [3.05, 3.63) is 46.7 Å². The van der Waals surface area contributed by atoms with Crippen molar-refractivity contribution in [3.8, 4) is 11.8 Å². The van der Waals surface area contributed by atoms with Gasteiger partial charge in [-0.1, -0.05) is 35.8 Å². The molecule has 4 nitrogen and oxygen atoms in total. The van der Waals surface area contributed by atoms with Gasteiger partial charge in [-0.25, -0.2) is 9.97 Å². The molecule has 2 aromatic rings. The van der Waals surface area contributed by atoms with Crippen LogP contribution in [0, 0.1) is 5.92 Å². The van der Waals surface area contributed by atoms with E-state index in [0.29, 0.717) is 17.7 Å². The number of ether oxygens (including phenoxy) is 1. The van der Waals surface area contributed by atoms with Gasteiger partial charge in [0.05, 0.1) is 0 Å². The highest BCUT2D eigenvalue weighted by Crippen LogP contribution is 2.21.